The molecule has 3 N–H and O–H groups in total. The van der Waals surface area contributed by atoms with Gasteiger partial charge in [0.15, 0.2) is 0 Å². The van der Waals surface area contributed by atoms with E-state index < -0.39 is 0 Å². The fraction of sp³-hybridized carbons (Fsp3) is 0.348. The zero-order chi connectivity index (χ0) is 19.5. The number of methoxy groups -OCH3 is 1. The van der Waals surface area contributed by atoms with E-state index in [-0.39, 0.29) is 0 Å². The van der Waals surface area contributed by atoms with Gasteiger partial charge in [-0.2, -0.15) is 0 Å². The Hall–Kier alpha value is -2.79. The van der Waals surface area contributed by atoms with Gasteiger partial charge in [0, 0.05) is 42.1 Å². The van der Waals surface area contributed by atoms with Crippen LogP contribution in [0.5, 0.6) is 5.75 Å². The number of rotatable bonds is 5. The van der Waals surface area contributed by atoms with Gasteiger partial charge in [-0.15, -0.1) is 0 Å². The van der Waals surface area contributed by atoms with E-state index in [1.54, 1.807) is 7.11 Å². The molecule has 1 fully saturated rings. The number of fused-ring (bicyclic) bond motifs is 1. The number of nitrogens with two attached hydrogens (primary N) is 1. The number of aryl methyl sites for hydroxylation is 1. The second kappa shape index (κ2) is 8.07. The molecule has 5 heteroatoms. The standard InChI is InChI=1S/C23H27N3O2/c1-3-15-12-20-19(13-22(15)26-17-7-9-28-10-8-17)21(14-25-23(20)24)16-5-4-6-18(11-16)27-2/h4-6,11-14,17,26H,3,7-10H2,1-2H3,(H2,24,25). The van der Waals surface area contributed by atoms with E-state index in [0.29, 0.717) is 11.9 Å². The quantitative estimate of drug-likeness (QED) is 0.677. The van der Waals surface area contributed by atoms with Crippen LogP contribution in [0.4, 0.5) is 11.5 Å². The van der Waals surface area contributed by atoms with Crippen LogP contribution in [-0.2, 0) is 11.2 Å². The Morgan fingerprint density at radius 2 is 2.00 bits per heavy atom. The van der Waals surface area contributed by atoms with Crippen LogP contribution in [0, 0.1) is 0 Å². The maximum atomic E-state index is 6.24. The Bertz CT molecular complexity index is 981. The number of hydrogen-bond donors (Lipinski definition) is 2. The third kappa shape index (κ3) is 3.62. The van der Waals surface area contributed by atoms with Gasteiger partial charge in [-0.1, -0.05) is 19.1 Å². The third-order valence-corrected chi connectivity index (χ3v) is 5.48. The topological polar surface area (TPSA) is 69.4 Å². The number of ether oxygens (including phenoxy) is 2. The molecule has 0 unspecified atom stereocenters. The fourth-order valence-electron chi connectivity index (χ4n) is 3.86. The number of nitrogens with zero attached hydrogens (tertiary/aromatic N) is 1. The fourth-order valence-corrected chi connectivity index (χ4v) is 3.86. The van der Waals surface area contributed by atoms with Gasteiger partial charge >= 0.3 is 0 Å². The van der Waals surface area contributed by atoms with E-state index in [2.05, 4.69) is 35.4 Å². The molecule has 0 amide bonds. The molecule has 1 aliphatic rings. The summed E-state index contributed by atoms with van der Waals surface area (Å²) >= 11 is 0. The molecular weight excluding hydrogens is 350 g/mol. The molecule has 146 valence electrons. The Morgan fingerprint density at radius 3 is 2.75 bits per heavy atom. The predicted octanol–water partition coefficient (Wildman–Crippen LogP) is 4.65. The lowest BCUT2D eigenvalue weighted by molar-refractivity contribution is 0.0904. The Morgan fingerprint density at radius 1 is 1.18 bits per heavy atom. The van der Waals surface area contributed by atoms with E-state index in [1.807, 2.05) is 24.4 Å². The first-order valence-electron chi connectivity index (χ1n) is 9.89. The van der Waals surface area contributed by atoms with Gasteiger partial charge in [-0.3, -0.25) is 0 Å². The SMILES string of the molecule is CCc1cc2c(N)ncc(-c3cccc(OC)c3)c2cc1NC1CCOCC1. The summed E-state index contributed by atoms with van der Waals surface area (Å²) in [5.41, 5.74) is 10.8. The van der Waals surface area contributed by atoms with Crippen molar-refractivity contribution in [1.29, 1.82) is 0 Å². The molecule has 0 atom stereocenters. The first kappa shape index (κ1) is 18.6. The Balaban J connectivity index is 1.84. The highest BCUT2D eigenvalue weighted by atomic mass is 16.5. The molecule has 1 aliphatic heterocycles. The minimum atomic E-state index is 0.441. The molecule has 1 saturated heterocycles. The molecule has 4 rings (SSSR count). The predicted molar refractivity (Wildman–Crippen MR) is 115 cm³/mol. The number of benzene rings is 2. The molecule has 28 heavy (non-hydrogen) atoms. The van der Waals surface area contributed by atoms with Crippen molar-refractivity contribution >= 4 is 22.3 Å². The lowest BCUT2D eigenvalue weighted by Gasteiger charge is -2.26. The molecule has 3 aromatic rings. The number of anilines is 2. The van der Waals surface area contributed by atoms with Gasteiger partial charge in [0.2, 0.25) is 0 Å². The van der Waals surface area contributed by atoms with Crippen molar-refractivity contribution in [3.05, 3.63) is 48.2 Å². The minimum Gasteiger partial charge on any atom is -0.497 e. The average molecular weight is 377 g/mol. The summed E-state index contributed by atoms with van der Waals surface area (Å²) in [6.45, 7) is 3.81. The molecule has 0 radical (unpaired) electrons. The normalized spacial score (nSPS) is 14.9. The third-order valence-electron chi connectivity index (χ3n) is 5.48. The first-order chi connectivity index (χ1) is 13.7. The molecule has 0 spiro atoms. The molecule has 0 aliphatic carbocycles. The summed E-state index contributed by atoms with van der Waals surface area (Å²) in [6, 6.07) is 12.9. The Labute approximate surface area is 165 Å². The van der Waals surface area contributed by atoms with E-state index in [1.165, 1.54) is 11.3 Å². The number of pyridine rings is 1. The number of nitrogens with one attached hydrogen (secondary N) is 1. The van der Waals surface area contributed by atoms with Crippen LogP contribution < -0.4 is 15.8 Å². The summed E-state index contributed by atoms with van der Waals surface area (Å²) < 4.78 is 10.9. The number of hydrogen-bond acceptors (Lipinski definition) is 5. The zero-order valence-electron chi connectivity index (χ0n) is 16.5. The van der Waals surface area contributed by atoms with Crippen molar-refractivity contribution in [1.82, 2.24) is 4.98 Å². The lowest BCUT2D eigenvalue weighted by atomic mass is 9.96. The number of nitrogen functional groups attached to an aromatic ring is 1. The molecule has 1 aromatic heterocycles. The monoisotopic (exact) mass is 377 g/mol. The van der Waals surface area contributed by atoms with Gasteiger partial charge < -0.3 is 20.5 Å². The summed E-state index contributed by atoms with van der Waals surface area (Å²) in [7, 11) is 1.68. The highest BCUT2D eigenvalue weighted by Gasteiger charge is 2.17. The molecule has 5 nitrogen and oxygen atoms in total. The van der Waals surface area contributed by atoms with E-state index >= 15 is 0 Å². The van der Waals surface area contributed by atoms with Crippen LogP contribution in [0.25, 0.3) is 21.9 Å². The van der Waals surface area contributed by atoms with E-state index in [9.17, 15) is 0 Å². The average Bonchev–Trinajstić information content (AvgIpc) is 2.74. The van der Waals surface area contributed by atoms with Crippen molar-refractivity contribution in [2.45, 2.75) is 32.2 Å². The summed E-state index contributed by atoms with van der Waals surface area (Å²) in [5, 5.41) is 5.85. The summed E-state index contributed by atoms with van der Waals surface area (Å²) in [5.74, 6) is 1.39. The largest absolute Gasteiger partial charge is 0.497 e. The van der Waals surface area contributed by atoms with Crippen LogP contribution >= 0.6 is 0 Å². The van der Waals surface area contributed by atoms with Crippen molar-refractivity contribution in [2.75, 3.05) is 31.4 Å². The van der Waals surface area contributed by atoms with Crippen LogP contribution in [-0.4, -0.2) is 31.3 Å². The van der Waals surface area contributed by atoms with Gasteiger partial charge in [-0.05, 0) is 60.0 Å². The van der Waals surface area contributed by atoms with Crippen LogP contribution in [0.1, 0.15) is 25.3 Å². The lowest BCUT2D eigenvalue weighted by Crippen LogP contribution is -2.28. The zero-order valence-corrected chi connectivity index (χ0v) is 16.5. The first-order valence-corrected chi connectivity index (χ1v) is 9.89. The van der Waals surface area contributed by atoms with Gasteiger partial charge in [0.1, 0.15) is 11.6 Å². The van der Waals surface area contributed by atoms with Crippen LogP contribution in [0.3, 0.4) is 0 Å². The van der Waals surface area contributed by atoms with Crippen molar-refractivity contribution in [3.8, 4) is 16.9 Å². The van der Waals surface area contributed by atoms with Crippen LogP contribution in [0.2, 0.25) is 0 Å². The molecule has 0 bridgehead atoms. The van der Waals surface area contributed by atoms with Gasteiger partial charge in [-0.25, -0.2) is 4.98 Å². The smallest absolute Gasteiger partial charge is 0.131 e. The molecule has 0 saturated carbocycles. The summed E-state index contributed by atoms with van der Waals surface area (Å²) in [4.78, 5) is 4.46. The van der Waals surface area contributed by atoms with Crippen molar-refractivity contribution < 1.29 is 9.47 Å². The van der Waals surface area contributed by atoms with E-state index in [4.69, 9.17) is 15.2 Å². The van der Waals surface area contributed by atoms with Gasteiger partial charge in [0.25, 0.3) is 0 Å². The van der Waals surface area contributed by atoms with Gasteiger partial charge in [0.05, 0.1) is 7.11 Å². The summed E-state index contributed by atoms with van der Waals surface area (Å²) in [6.07, 6.45) is 4.85. The highest BCUT2D eigenvalue weighted by Crippen LogP contribution is 2.36. The highest BCUT2D eigenvalue weighted by molar-refractivity contribution is 6.03. The van der Waals surface area contributed by atoms with Crippen molar-refractivity contribution in [3.63, 3.8) is 0 Å². The maximum Gasteiger partial charge on any atom is 0.131 e. The van der Waals surface area contributed by atoms with Crippen LogP contribution in [0.15, 0.2) is 42.6 Å². The number of aromatic nitrogens is 1. The molecule has 2 heterocycles. The maximum absolute atomic E-state index is 6.24. The van der Waals surface area contributed by atoms with E-state index in [0.717, 1.165) is 60.1 Å². The molecule has 2 aromatic carbocycles. The second-order valence-electron chi connectivity index (χ2n) is 7.23. The minimum absolute atomic E-state index is 0.441. The van der Waals surface area contributed by atoms with Crippen molar-refractivity contribution in [2.24, 2.45) is 0 Å². The molecular formula is C23H27N3O2. The second-order valence-corrected chi connectivity index (χ2v) is 7.23. The Kier molecular flexibility index (Phi) is 5.35.